The number of benzene rings is 1. The van der Waals surface area contributed by atoms with Crippen LogP contribution in [-0.2, 0) is 12.7 Å². The second kappa shape index (κ2) is 6.08. The number of hydrogen-bond donors (Lipinski definition) is 1. The van der Waals surface area contributed by atoms with E-state index in [1.54, 1.807) is 17.8 Å². The van der Waals surface area contributed by atoms with E-state index < -0.39 is 11.7 Å². The van der Waals surface area contributed by atoms with Crippen molar-refractivity contribution in [1.82, 2.24) is 5.32 Å². The van der Waals surface area contributed by atoms with Crippen LogP contribution in [0.25, 0.3) is 0 Å². The maximum absolute atomic E-state index is 12.8. The summed E-state index contributed by atoms with van der Waals surface area (Å²) in [6.45, 7) is 4.27. The summed E-state index contributed by atoms with van der Waals surface area (Å²) in [6, 6.07) is 5.93. The molecule has 20 heavy (non-hydrogen) atoms. The highest BCUT2D eigenvalue weighted by atomic mass is 32.2. The Balaban J connectivity index is 2.09. The summed E-state index contributed by atoms with van der Waals surface area (Å²) in [5.41, 5.74) is -0.393. The fourth-order valence-electron chi connectivity index (χ4n) is 1.95. The molecule has 110 valence electrons. The van der Waals surface area contributed by atoms with Gasteiger partial charge >= 0.3 is 6.18 Å². The summed E-state index contributed by atoms with van der Waals surface area (Å²) in [5.74, 6) is 1.40. The van der Waals surface area contributed by atoms with Gasteiger partial charge in [-0.1, -0.05) is 43.8 Å². The van der Waals surface area contributed by atoms with Gasteiger partial charge in [-0.05, 0) is 17.5 Å². The number of nitrogens with zero attached hydrogens (tertiary/aromatic N) is 1. The lowest BCUT2D eigenvalue weighted by Crippen LogP contribution is -2.31. The standard InChI is InChI=1S/C14H17F3N2S/c1-9(2)12-8-20-13(19-12)18-7-10-5-3-4-6-11(10)14(15,16)17/h3-6,9,12H,7-8H2,1-2H3,(H,18,19). The predicted octanol–water partition coefficient (Wildman–Crippen LogP) is 3.92. The van der Waals surface area contributed by atoms with Crippen LogP contribution in [0.1, 0.15) is 25.0 Å². The molecule has 1 aliphatic rings. The van der Waals surface area contributed by atoms with Gasteiger partial charge in [0.2, 0.25) is 0 Å². The van der Waals surface area contributed by atoms with Gasteiger partial charge in [-0.3, -0.25) is 4.99 Å². The monoisotopic (exact) mass is 302 g/mol. The number of rotatable bonds is 3. The summed E-state index contributed by atoms with van der Waals surface area (Å²) in [4.78, 5) is 4.27. The quantitative estimate of drug-likeness (QED) is 0.915. The van der Waals surface area contributed by atoms with E-state index in [0.717, 1.165) is 17.0 Å². The second-order valence-corrected chi connectivity index (χ2v) is 6.09. The molecule has 1 fully saturated rings. The molecule has 0 radical (unpaired) electrons. The van der Waals surface area contributed by atoms with Gasteiger partial charge in [0.15, 0.2) is 5.17 Å². The van der Waals surface area contributed by atoms with E-state index in [-0.39, 0.29) is 12.1 Å². The highest BCUT2D eigenvalue weighted by molar-refractivity contribution is 8.14. The Hall–Kier alpha value is -1.17. The molecule has 1 atom stereocenters. The molecule has 0 spiro atoms. The number of nitrogens with one attached hydrogen (secondary N) is 1. The van der Waals surface area contributed by atoms with E-state index >= 15 is 0 Å². The average Bonchev–Trinajstić information content (AvgIpc) is 2.84. The summed E-state index contributed by atoms with van der Waals surface area (Å²) in [7, 11) is 0. The first-order valence-corrected chi connectivity index (χ1v) is 7.45. The van der Waals surface area contributed by atoms with Gasteiger partial charge in [0, 0.05) is 11.8 Å². The lowest BCUT2D eigenvalue weighted by molar-refractivity contribution is -0.138. The normalized spacial score (nSPS) is 21.5. The van der Waals surface area contributed by atoms with Gasteiger partial charge in [-0.2, -0.15) is 13.2 Å². The summed E-state index contributed by atoms with van der Waals surface area (Å²) in [5, 5.41) is 3.99. The van der Waals surface area contributed by atoms with Crippen LogP contribution in [-0.4, -0.2) is 17.0 Å². The van der Waals surface area contributed by atoms with Gasteiger partial charge in [0.1, 0.15) is 0 Å². The molecule has 1 unspecified atom stereocenters. The molecular formula is C14H17F3N2S. The number of alkyl halides is 3. The number of halogens is 3. The predicted molar refractivity (Wildman–Crippen MR) is 76.8 cm³/mol. The highest BCUT2D eigenvalue weighted by Gasteiger charge is 2.32. The first-order chi connectivity index (χ1) is 9.38. The van der Waals surface area contributed by atoms with E-state index in [1.807, 2.05) is 0 Å². The Kier molecular flexibility index (Phi) is 4.62. The first-order valence-electron chi connectivity index (χ1n) is 6.47. The van der Waals surface area contributed by atoms with Gasteiger partial charge in [-0.25, -0.2) is 0 Å². The zero-order valence-corrected chi connectivity index (χ0v) is 12.2. The molecule has 2 rings (SSSR count). The van der Waals surface area contributed by atoms with Crippen LogP contribution in [0.4, 0.5) is 13.2 Å². The van der Waals surface area contributed by atoms with Crippen LogP contribution >= 0.6 is 11.8 Å². The number of hydrogen-bond acceptors (Lipinski definition) is 2. The first kappa shape index (κ1) is 15.2. The number of amidine groups is 1. The second-order valence-electron chi connectivity index (χ2n) is 5.08. The molecule has 0 saturated carbocycles. The molecule has 1 saturated heterocycles. The van der Waals surface area contributed by atoms with Crippen LogP contribution in [0.3, 0.4) is 0 Å². The molecule has 1 aromatic rings. The minimum atomic E-state index is -4.33. The fraction of sp³-hybridized carbons (Fsp3) is 0.500. The summed E-state index contributed by atoms with van der Waals surface area (Å²) < 4.78 is 38.5. The van der Waals surface area contributed by atoms with Crippen LogP contribution in [0.2, 0.25) is 0 Å². The van der Waals surface area contributed by atoms with Crippen molar-refractivity contribution in [2.24, 2.45) is 10.9 Å². The van der Waals surface area contributed by atoms with Crippen molar-refractivity contribution in [1.29, 1.82) is 0 Å². The molecule has 0 amide bonds. The molecule has 0 aromatic heterocycles. The maximum atomic E-state index is 12.8. The van der Waals surface area contributed by atoms with Crippen LogP contribution in [0, 0.1) is 5.92 Å². The van der Waals surface area contributed by atoms with Crippen molar-refractivity contribution in [2.75, 3.05) is 5.75 Å². The number of thioether (sulfide) groups is 1. The summed E-state index contributed by atoms with van der Waals surface area (Å²) in [6.07, 6.45) is -4.33. The molecule has 0 aliphatic carbocycles. The van der Waals surface area contributed by atoms with Crippen LogP contribution in [0.5, 0.6) is 0 Å². The van der Waals surface area contributed by atoms with Crippen LogP contribution < -0.4 is 5.32 Å². The molecular weight excluding hydrogens is 285 g/mol. The summed E-state index contributed by atoms with van der Waals surface area (Å²) >= 11 is 1.57. The van der Waals surface area contributed by atoms with E-state index in [4.69, 9.17) is 0 Å². The Labute approximate surface area is 120 Å². The Morgan fingerprint density at radius 2 is 2.05 bits per heavy atom. The zero-order valence-electron chi connectivity index (χ0n) is 11.4. The lowest BCUT2D eigenvalue weighted by atomic mass is 10.1. The Morgan fingerprint density at radius 1 is 1.35 bits per heavy atom. The minimum Gasteiger partial charge on any atom is -0.361 e. The van der Waals surface area contributed by atoms with Gasteiger partial charge in [0.05, 0.1) is 12.1 Å². The van der Waals surface area contributed by atoms with Crippen LogP contribution in [0.15, 0.2) is 29.3 Å². The molecule has 0 bridgehead atoms. The molecule has 1 aliphatic heterocycles. The van der Waals surface area contributed by atoms with Gasteiger partial charge in [0.25, 0.3) is 0 Å². The minimum absolute atomic E-state index is 0.0514. The molecule has 6 heteroatoms. The van der Waals surface area contributed by atoms with E-state index in [2.05, 4.69) is 24.2 Å². The van der Waals surface area contributed by atoms with E-state index in [1.165, 1.54) is 12.1 Å². The van der Waals surface area contributed by atoms with Crippen molar-refractivity contribution in [2.45, 2.75) is 32.6 Å². The van der Waals surface area contributed by atoms with Crippen molar-refractivity contribution in [3.8, 4) is 0 Å². The maximum Gasteiger partial charge on any atom is 0.416 e. The Morgan fingerprint density at radius 3 is 2.65 bits per heavy atom. The SMILES string of the molecule is CC(C)C1CSC(=NCc2ccccc2C(F)(F)F)N1. The van der Waals surface area contributed by atoms with Gasteiger partial charge < -0.3 is 5.32 Å². The topological polar surface area (TPSA) is 24.4 Å². The molecule has 2 nitrogen and oxygen atoms in total. The molecule has 1 heterocycles. The van der Waals surface area contributed by atoms with Crippen molar-refractivity contribution in [3.05, 3.63) is 35.4 Å². The van der Waals surface area contributed by atoms with E-state index in [9.17, 15) is 13.2 Å². The van der Waals surface area contributed by atoms with Crippen molar-refractivity contribution >= 4 is 16.9 Å². The molecule has 1 aromatic carbocycles. The number of aliphatic imine (C=N–C) groups is 1. The van der Waals surface area contributed by atoms with Crippen molar-refractivity contribution in [3.63, 3.8) is 0 Å². The third-order valence-corrected chi connectivity index (χ3v) is 4.28. The average molecular weight is 302 g/mol. The largest absolute Gasteiger partial charge is 0.416 e. The van der Waals surface area contributed by atoms with Crippen molar-refractivity contribution < 1.29 is 13.2 Å². The highest BCUT2D eigenvalue weighted by Crippen LogP contribution is 2.32. The Bertz CT molecular complexity index is 497. The zero-order chi connectivity index (χ0) is 14.8. The smallest absolute Gasteiger partial charge is 0.361 e. The lowest BCUT2D eigenvalue weighted by Gasteiger charge is -2.13. The fourth-order valence-corrected chi connectivity index (χ4v) is 3.15. The van der Waals surface area contributed by atoms with E-state index in [0.29, 0.717) is 12.0 Å². The third-order valence-electron chi connectivity index (χ3n) is 3.23. The third kappa shape index (κ3) is 3.69. The molecule has 1 N–H and O–H groups in total. The van der Waals surface area contributed by atoms with Gasteiger partial charge in [-0.15, -0.1) is 0 Å².